The second-order valence-electron chi connectivity index (χ2n) is 5.55. The van der Waals surface area contributed by atoms with Gasteiger partial charge in [-0.25, -0.2) is 4.79 Å². The van der Waals surface area contributed by atoms with Crippen molar-refractivity contribution in [3.8, 4) is 0 Å². The van der Waals surface area contributed by atoms with E-state index in [9.17, 15) is 19.8 Å². The average Bonchev–Trinajstić information content (AvgIpc) is 2.91. The fourth-order valence-corrected chi connectivity index (χ4v) is 2.56. The number of carbonyl (C=O) groups is 1. The molecule has 1 amide bonds. The number of hydrogen-bond acceptors (Lipinski definition) is 7. The topological polar surface area (TPSA) is 134 Å². The maximum atomic E-state index is 12.2. The van der Waals surface area contributed by atoms with Crippen LogP contribution in [0.4, 0.5) is 5.82 Å². The molecule has 0 aliphatic carbocycles. The van der Waals surface area contributed by atoms with Crippen LogP contribution in [0.2, 0.25) is 0 Å². The minimum atomic E-state index is -1.39. The number of nitrogens with zero attached hydrogens (tertiary/aromatic N) is 2. The molecular formula is C16H17N3O6. The maximum absolute atomic E-state index is 12.2. The zero-order valence-corrected chi connectivity index (χ0v) is 13.0. The van der Waals surface area contributed by atoms with E-state index in [2.05, 4.69) is 10.3 Å². The lowest BCUT2D eigenvalue weighted by molar-refractivity contribution is -0.0549. The Labute approximate surface area is 142 Å². The number of aromatic nitrogens is 2. The Morgan fingerprint density at radius 1 is 1.20 bits per heavy atom. The van der Waals surface area contributed by atoms with Gasteiger partial charge in [0.05, 0.1) is 6.61 Å². The van der Waals surface area contributed by atoms with Gasteiger partial charge >= 0.3 is 5.69 Å². The fourth-order valence-electron chi connectivity index (χ4n) is 2.56. The summed E-state index contributed by atoms with van der Waals surface area (Å²) in [4.78, 5) is 27.9. The minimum Gasteiger partial charge on any atom is -0.394 e. The van der Waals surface area contributed by atoms with Gasteiger partial charge in [-0.05, 0) is 18.2 Å². The summed E-state index contributed by atoms with van der Waals surface area (Å²) in [6.07, 6.45) is -3.59. The van der Waals surface area contributed by atoms with E-state index in [1.54, 1.807) is 30.3 Å². The number of anilines is 1. The molecule has 2 heterocycles. The van der Waals surface area contributed by atoms with Gasteiger partial charge in [0, 0.05) is 11.8 Å². The first kappa shape index (κ1) is 17.2. The van der Waals surface area contributed by atoms with E-state index in [-0.39, 0.29) is 5.82 Å². The van der Waals surface area contributed by atoms with E-state index in [1.807, 2.05) is 0 Å². The highest BCUT2D eigenvalue weighted by Crippen LogP contribution is 2.28. The van der Waals surface area contributed by atoms with E-state index in [4.69, 9.17) is 9.84 Å². The molecule has 9 nitrogen and oxygen atoms in total. The van der Waals surface area contributed by atoms with Crippen LogP contribution >= 0.6 is 0 Å². The number of aliphatic hydroxyl groups is 3. The van der Waals surface area contributed by atoms with Gasteiger partial charge in [-0.2, -0.15) is 4.98 Å². The molecule has 1 saturated heterocycles. The summed E-state index contributed by atoms with van der Waals surface area (Å²) >= 11 is 0. The Morgan fingerprint density at radius 3 is 2.52 bits per heavy atom. The van der Waals surface area contributed by atoms with Crippen molar-refractivity contribution in [2.24, 2.45) is 0 Å². The van der Waals surface area contributed by atoms with Crippen molar-refractivity contribution in [3.05, 3.63) is 58.6 Å². The molecule has 0 saturated carbocycles. The molecule has 1 aliphatic rings. The van der Waals surface area contributed by atoms with Gasteiger partial charge in [0.1, 0.15) is 24.1 Å². The van der Waals surface area contributed by atoms with Crippen LogP contribution in [0.15, 0.2) is 47.4 Å². The summed E-state index contributed by atoms with van der Waals surface area (Å²) in [5, 5.41) is 31.3. The highest BCUT2D eigenvalue weighted by atomic mass is 16.6. The number of carbonyl (C=O) groups excluding carboxylic acids is 1. The van der Waals surface area contributed by atoms with E-state index in [0.29, 0.717) is 5.56 Å². The third-order valence-corrected chi connectivity index (χ3v) is 3.90. The molecule has 132 valence electrons. The van der Waals surface area contributed by atoms with Gasteiger partial charge in [0.15, 0.2) is 6.23 Å². The van der Waals surface area contributed by atoms with Crippen LogP contribution in [-0.2, 0) is 4.74 Å². The molecule has 3 rings (SSSR count). The molecule has 1 fully saturated rings. The van der Waals surface area contributed by atoms with Crippen molar-refractivity contribution in [3.63, 3.8) is 0 Å². The van der Waals surface area contributed by atoms with Crippen LogP contribution in [0, 0.1) is 0 Å². The monoisotopic (exact) mass is 347 g/mol. The lowest BCUT2D eigenvalue weighted by Crippen LogP contribution is -2.36. The molecule has 0 radical (unpaired) electrons. The number of amides is 1. The average molecular weight is 347 g/mol. The Bertz CT molecular complexity index is 809. The molecule has 9 heteroatoms. The number of nitrogens with one attached hydrogen (secondary N) is 1. The van der Waals surface area contributed by atoms with Gasteiger partial charge in [-0.15, -0.1) is 0 Å². The van der Waals surface area contributed by atoms with Crippen LogP contribution in [0.1, 0.15) is 16.6 Å². The Morgan fingerprint density at radius 2 is 1.92 bits per heavy atom. The third-order valence-electron chi connectivity index (χ3n) is 3.90. The molecule has 25 heavy (non-hydrogen) atoms. The summed E-state index contributed by atoms with van der Waals surface area (Å²) in [6, 6.07) is 9.81. The van der Waals surface area contributed by atoms with Crippen LogP contribution in [0.5, 0.6) is 0 Å². The largest absolute Gasteiger partial charge is 0.394 e. The molecule has 2 unspecified atom stereocenters. The minimum absolute atomic E-state index is 0.0434. The van der Waals surface area contributed by atoms with Gasteiger partial charge < -0.3 is 25.4 Å². The van der Waals surface area contributed by atoms with Gasteiger partial charge in [0.25, 0.3) is 5.91 Å². The number of hydrogen-bond donors (Lipinski definition) is 4. The second kappa shape index (κ2) is 7.11. The number of rotatable bonds is 4. The van der Waals surface area contributed by atoms with Crippen molar-refractivity contribution in [1.29, 1.82) is 0 Å². The van der Waals surface area contributed by atoms with Crippen molar-refractivity contribution in [2.75, 3.05) is 11.9 Å². The highest BCUT2D eigenvalue weighted by Gasteiger charge is 2.43. The van der Waals surface area contributed by atoms with Crippen molar-refractivity contribution in [2.45, 2.75) is 24.5 Å². The van der Waals surface area contributed by atoms with Crippen molar-refractivity contribution < 1.29 is 24.9 Å². The van der Waals surface area contributed by atoms with Crippen molar-refractivity contribution >= 4 is 11.7 Å². The first-order chi connectivity index (χ1) is 12.0. The van der Waals surface area contributed by atoms with Crippen LogP contribution in [-0.4, -0.2) is 55.7 Å². The van der Waals surface area contributed by atoms with Gasteiger partial charge in [0.2, 0.25) is 0 Å². The van der Waals surface area contributed by atoms with Gasteiger partial charge in [-0.3, -0.25) is 9.36 Å². The Kier molecular flexibility index (Phi) is 4.91. The predicted molar refractivity (Wildman–Crippen MR) is 85.9 cm³/mol. The molecule has 4 N–H and O–H groups in total. The Hall–Kier alpha value is -2.59. The molecular weight excluding hydrogens is 330 g/mol. The summed E-state index contributed by atoms with van der Waals surface area (Å²) in [5.41, 5.74) is -0.363. The molecule has 1 aromatic heterocycles. The van der Waals surface area contributed by atoms with E-state index < -0.39 is 42.7 Å². The van der Waals surface area contributed by atoms with E-state index >= 15 is 0 Å². The molecule has 0 bridgehead atoms. The SMILES string of the molecule is O=C(Nc1ccn([C@@H]2O[C@H](CO)C(O)C2O)c(=O)n1)c1ccccc1. The summed E-state index contributed by atoms with van der Waals surface area (Å²) in [5.74, 6) is -0.375. The summed E-state index contributed by atoms with van der Waals surface area (Å²) < 4.78 is 6.27. The molecule has 0 spiro atoms. The number of ether oxygens (including phenoxy) is 1. The lowest BCUT2D eigenvalue weighted by atomic mass is 10.1. The number of aliphatic hydroxyl groups excluding tert-OH is 3. The smallest absolute Gasteiger partial charge is 0.351 e. The zero-order chi connectivity index (χ0) is 18.0. The van der Waals surface area contributed by atoms with E-state index in [0.717, 1.165) is 4.57 Å². The zero-order valence-electron chi connectivity index (χ0n) is 13.0. The van der Waals surface area contributed by atoms with Crippen LogP contribution < -0.4 is 11.0 Å². The first-order valence-electron chi connectivity index (χ1n) is 7.59. The first-order valence-corrected chi connectivity index (χ1v) is 7.59. The Balaban J connectivity index is 1.78. The summed E-state index contributed by atoms with van der Waals surface area (Å²) in [7, 11) is 0. The molecule has 4 atom stereocenters. The molecule has 1 aromatic carbocycles. The standard InChI is InChI=1S/C16H17N3O6/c20-8-10-12(21)13(22)15(25-10)19-7-6-11(18-16(19)24)17-14(23)9-4-2-1-3-5-9/h1-7,10,12-13,15,20-22H,8H2,(H,17,18,23,24)/t10-,12?,13?,15-/m1/s1. The highest BCUT2D eigenvalue weighted by molar-refractivity contribution is 6.03. The number of benzene rings is 1. The quantitative estimate of drug-likeness (QED) is 0.563. The molecule has 1 aliphatic heterocycles. The summed E-state index contributed by atoms with van der Waals surface area (Å²) in [6.45, 7) is -0.498. The van der Waals surface area contributed by atoms with E-state index in [1.165, 1.54) is 12.3 Å². The second-order valence-corrected chi connectivity index (χ2v) is 5.55. The molecule has 2 aromatic rings. The fraction of sp³-hybridized carbons (Fsp3) is 0.312. The maximum Gasteiger partial charge on any atom is 0.351 e. The van der Waals surface area contributed by atoms with Crippen molar-refractivity contribution in [1.82, 2.24) is 9.55 Å². The predicted octanol–water partition coefficient (Wildman–Crippen LogP) is -0.893. The normalized spacial score (nSPS) is 25.7. The van der Waals surface area contributed by atoms with Gasteiger partial charge in [-0.1, -0.05) is 18.2 Å². The third kappa shape index (κ3) is 3.44. The van der Waals surface area contributed by atoms with Crippen LogP contribution in [0.25, 0.3) is 0 Å². The lowest BCUT2D eigenvalue weighted by Gasteiger charge is -2.17. The van der Waals surface area contributed by atoms with Crippen LogP contribution in [0.3, 0.4) is 0 Å².